The molecule has 20 heavy (non-hydrogen) atoms. The summed E-state index contributed by atoms with van der Waals surface area (Å²) in [6.07, 6.45) is 5.43. The van der Waals surface area contributed by atoms with Gasteiger partial charge in [0.1, 0.15) is 0 Å². The zero-order valence-corrected chi connectivity index (χ0v) is 13.5. The Kier molecular flexibility index (Phi) is 10.1. The highest BCUT2D eigenvalue weighted by molar-refractivity contribution is 5.77. The van der Waals surface area contributed by atoms with E-state index >= 15 is 0 Å². The van der Waals surface area contributed by atoms with Crippen molar-refractivity contribution in [1.82, 2.24) is 9.80 Å². The minimum atomic E-state index is -0.333. The smallest absolute Gasteiger partial charge is 0.222 e. The molecular weight excluding hydrogens is 254 g/mol. The first-order valence-corrected chi connectivity index (χ1v) is 7.74. The van der Waals surface area contributed by atoms with Gasteiger partial charge in [-0.1, -0.05) is 13.8 Å². The van der Waals surface area contributed by atoms with Crippen molar-refractivity contribution in [1.29, 1.82) is 0 Å². The van der Waals surface area contributed by atoms with Crippen molar-refractivity contribution in [2.45, 2.75) is 58.9 Å². The number of hydrogen-bond acceptors (Lipinski definition) is 3. The predicted octanol–water partition coefficient (Wildman–Crippen LogP) is 1.61. The summed E-state index contributed by atoms with van der Waals surface area (Å²) in [5.41, 5.74) is 4.47. The lowest BCUT2D eigenvalue weighted by Crippen LogP contribution is -2.48. The maximum atomic E-state index is 11.7. The van der Waals surface area contributed by atoms with Crippen LogP contribution in [-0.2, 0) is 9.59 Å². The first-order valence-electron chi connectivity index (χ1n) is 7.74. The van der Waals surface area contributed by atoms with Crippen LogP contribution in [0.5, 0.6) is 0 Å². The zero-order chi connectivity index (χ0) is 15.5. The second-order valence-corrected chi connectivity index (χ2v) is 5.19. The normalized spacial score (nSPS) is 20.4. The van der Waals surface area contributed by atoms with Gasteiger partial charge in [0.25, 0.3) is 0 Å². The highest BCUT2D eigenvalue weighted by Gasteiger charge is 2.28. The molecule has 5 nitrogen and oxygen atoms in total. The van der Waals surface area contributed by atoms with Crippen LogP contribution in [0, 0.1) is 0 Å². The van der Waals surface area contributed by atoms with E-state index in [1.807, 2.05) is 13.8 Å². The molecule has 0 spiro atoms. The fourth-order valence-corrected chi connectivity index (χ4v) is 2.52. The molecular formula is C15H31N3O2. The summed E-state index contributed by atoms with van der Waals surface area (Å²) in [6, 6.07) is 0.541. The Labute approximate surface area is 123 Å². The highest BCUT2D eigenvalue weighted by atomic mass is 16.2. The third-order valence-corrected chi connectivity index (χ3v) is 3.49. The van der Waals surface area contributed by atoms with Gasteiger partial charge in [-0.2, -0.15) is 0 Å². The SMILES string of the molecule is CC.CC(N)=O.CN1CCC(N2CCCCC2=O)CC1. The minimum absolute atomic E-state index is 0.333. The van der Waals surface area contributed by atoms with E-state index < -0.39 is 0 Å². The summed E-state index contributed by atoms with van der Waals surface area (Å²) in [5.74, 6) is 0.0609. The number of likely N-dealkylation sites (tertiary alicyclic amines) is 2. The highest BCUT2D eigenvalue weighted by Crippen LogP contribution is 2.20. The van der Waals surface area contributed by atoms with Crippen LogP contribution in [0.15, 0.2) is 0 Å². The number of carbonyl (C=O) groups excluding carboxylic acids is 2. The van der Waals surface area contributed by atoms with Crippen LogP contribution in [0.2, 0.25) is 0 Å². The molecule has 0 aromatic rings. The van der Waals surface area contributed by atoms with Crippen molar-refractivity contribution >= 4 is 11.8 Å². The molecule has 2 aliphatic heterocycles. The number of primary amides is 1. The Morgan fingerprint density at radius 2 is 1.65 bits per heavy atom. The largest absolute Gasteiger partial charge is 0.370 e. The molecule has 2 saturated heterocycles. The lowest BCUT2D eigenvalue weighted by atomic mass is 10.00. The maximum absolute atomic E-state index is 11.7. The fraction of sp³-hybridized carbons (Fsp3) is 0.867. The number of nitrogens with two attached hydrogens (primary N) is 1. The van der Waals surface area contributed by atoms with Gasteiger partial charge in [-0.15, -0.1) is 0 Å². The molecule has 0 unspecified atom stereocenters. The van der Waals surface area contributed by atoms with Crippen LogP contribution in [-0.4, -0.2) is 54.3 Å². The molecule has 0 aliphatic carbocycles. The molecule has 0 radical (unpaired) electrons. The molecule has 0 aromatic heterocycles. The third kappa shape index (κ3) is 7.48. The van der Waals surface area contributed by atoms with Crippen LogP contribution in [0.4, 0.5) is 0 Å². The topological polar surface area (TPSA) is 66.6 Å². The van der Waals surface area contributed by atoms with Gasteiger partial charge in [-0.05, 0) is 45.8 Å². The van der Waals surface area contributed by atoms with Crippen molar-refractivity contribution in [3.05, 3.63) is 0 Å². The summed E-state index contributed by atoms with van der Waals surface area (Å²) in [4.78, 5) is 25.4. The molecule has 2 N–H and O–H groups in total. The number of hydrogen-bond donors (Lipinski definition) is 1. The van der Waals surface area contributed by atoms with E-state index in [-0.39, 0.29) is 5.91 Å². The van der Waals surface area contributed by atoms with Crippen LogP contribution in [0.3, 0.4) is 0 Å². The van der Waals surface area contributed by atoms with Crippen LogP contribution in [0.1, 0.15) is 52.9 Å². The average Bonchev–Trinajstić information content (AvgIpc) is 2.42. The number of amides is 2. The standard InChI is InChI=1S/C11H20N2O.C2H5NO.C2H6/c1-12-8-5-10(6-9-12)13-7-3-2-4-11(13)14;1-2(3)4;1-2/h10H,2-9H2,1H3;1H3,(H2,3,4);1-2H3. The summed E-state index contributed by atoms with van der Waals surface area (Å²) in [5, 5.41) is 0. The molecule has 2 aliphatic rings. The lowest BCUT2D eigenvalue weighted by molar-refractivity contribution is -0.136. The molecule has 118 valence electrons. The summed E-state index contributed by atoms with van der Waals surface area (Å²) < 4.78 is 0. The Morgan fingerprint density at radius 1 is 1.15 bits per heavy atom. The van der Waals surface area contributed by atoms with E-state index in [2.05, 4.69) is 22.6 Å². The summed E-state index contributed by atoms with van der Waals surface area (Å²) in [7, 11) is 2.16. The monoisotopic (exact) mass is 285 g/mol. The number of nitrogens with zero attached hydrogens (tertiary/aromatic N) is 2. The quantitative estimate of drug-likeness (QED) is 0.796. The van der Waals surface area contributed by atoms with Crippen molar-refractivity contribution in [2.24, 2.45) is 5.73 Å². The van der Waals surface area contributed by atoms with Gasteiger partial charge in [0.05, 0.1) is 0 Å². The second-order valence-electron chi connectivity index (χ2n) is 5.19. The fourth-order valence-electron chi connectivity index (χ4n) is 2.52. The molecule has 0 saturated carbocycles. The Morgan fingerprint density at radius 3 is 2.10 bits per heavy atom. The van der Waals surface area contributed by atoms with Gasteiger partial charge in [0.2, 0.25) is 11.8 Å². The first-order chi connectivity index (χ1) is 9.50. The van der Waals surface area contributed by atoms with Gasteiger partial charge in [0.15, 0.2) is 0 Å². The maximum Gasteiger partial charge on any atom is 0.222 e. The molecule has 2 rings (SSSR count). The molecule has 0 bridgehead atoms. The average molecular weight is 285 g/mol. The molecule has 2 heterocycles. The molecule has 5 heteroatoms. The van der Waals surface area contributed by atoms with Crippen LogP contribution >= 0.6 is 0 Å². The molecule has 0 aromatic carbocycles. The number of carbonyl (C=O) groups is 2. The van der Waals surface area contributed by atoms with Gasteiger partial charge in [0, 0.05) is 25.9 Å². The van der Waals surface area contributed by atoms with Gasteiger partial charge >= 0.3 is 0 Å². The van der Waals surface area contributed by atoms with Crippen molar-refractivity contribution in [3.63, 3.8) is 0 Å². The Balaban J connectivity index is 0.000000521. The van der Waals surface area contributed by atoms with Crippen molar-refractivity contribution in [2.75, 3.05) is 26.7 Å². The van der Waals surface area contributed by atoms with Crippen LogP contribution < -0.4 is 5.73 Å². The zero-order valence-electron chi connectivity index (χ0n) is 13.5. The predicted molar refractivity (Wildman–Crippen MR) is 82.3 cm³/mol. The Bertz CT molecular complexity index is 283. The van der Waals surface area contributed by atoms with Gasteiger partial charge in [-0.3, -0.25) is 9.59 Å². The number of piperidine rings is 2. The van der Waals surface area contributed by atoms with E-state index in [1.165, 1.54) is 26.2 Å². The van der Waals surface area contributed by atoms with Crippen molar-refractivity contribution < 1.29 is 9.59 Å². The summed E-state index contributed by atoms with van der Waals surface area (Å²) in [6.45, 7) is 8.61. The molecule has 0 atom stereocenters. The first kappa shape index (κ1) is 18.9. The molecule has 2 fully saturated rings. The van der Waals surface area contributed by atoms with E-state index in [4.69, 9.17) is 0 Å². The van der Waals surface area contributed by atoms with E-state index in [0.717, 1.165) is 32.5 Å². The van der Waals surface area contributed by atoms with Gasteiger partial charge in [-0.25, -0.2) is 0 Å². The number of rotatable bonds is 1. The minimum Gasteiger partial charge on any atom is -0.370 e. The van der Waals surface area contributed by atoms with Crippen LogP contribution in [0.25, 0.3) is 0 Å². The van der Waals surface area contributed by atoms with Gasteiger partial charge < -0.3 is 15.5 Å². The Hall–Kier alpha value is -1.10. The van der Waals surface area contributed by atoms with E-state index in [9.17, 15) is 9.59 Å². The van der Waals surface area contributed by atoms with Crippen molar-refractivity contribution in [3.8, 4) is 0 Å². The van der Waals surface area contributed by atoms with E-state index in [0.29, 0.717) is 11.9 Å². The second kappa shape index (κ2) is 10.7. The van der Waals surface area contributed by atoms with E-state index in [1.54, 1.807) is 0 Å². The summed E-state index contributed by atoms with van der Waals surface area (Å²) >= 11 is 0. The third-order valence-electron chi connectivity index (χ3n) is 3.49. The molecule has 2 amide bonds. The lowest BCUT2D eigenvalue weighted by Gasteiger charge is -2.39.